The van der Waals surface area contributed by atoms with Gasteiger partial charge in [-0.15, -0.1) is 0 Å². The molecule has 172 valence electrons. The molecule has 0 unspecified atom stereocenters. The Labute approximate surface area is 196 Å². The summed E-state index contributed by atoms with van der Waals surface area (Å²) in [7, 11) is 0. The molecule has 0 bridgehead atoms. The molecule has 1 aliphatic carbocycles. The fraction of sp³-hybridized carbons (Fsp3) is 0.500. The monoisotopic (exact) mass is 455 g/mol. The molecule has 5 nitrogen and oxygen atoms in total. The van der Waals surface area contributed by atoms with Crippen molar-refractivity contribution >= 4 is 23.3 Å². The molecule has 2 aromatic carbocycles. The number of anilines is 1. The second-order valence-electron chi connectivity index (χ2n) is 8.97. The maximum Gasteiger partial charge on any atom is 0.319 e. The fourth-order valence-corrected chi connectivity index (χ4v) is 5.25. The molecule has 32 heavy (non-hydrogen) atoms. The number of rotatable bonds is 7. The molecule has 2 fully saturated rings. The Morgan fingerprint density at radius 3 is 2.44 bits per heavy atom. The number of piperidine rings is 1. The molecule has 2 amide bonds. The smallest absolute Gasteiger partial charge is 0.319 e. The van der Waals surface area contributed by atoms with Crippen LogP contribution < -0.4 is 15.4 Å². The van der Waals surface area contributed by atoms with Crippen molar-refractivity contribution in [3.63, 3.8) is 0 Å². The van der Waals surface area contributed by atoms with Crippen molar-refractivity contribution in [1.29, 1.82) is 0 Å². The number of nitrogens with one attached hydrogen (secondary N) is 2. The number of carbonyl (C=O) groups excluding carboxylic acids is 1. The Morgan fingerprint density at radius 1 is 1.03 bits per heavy atom. The highest BCUT2D eigenvalue weighted by atomic mass is 35.5. The molecule has 4 rings (SSSR count). The summed E-state index contributed by atoms with van der Waals surface area (Å²) in [6, 6.07) is 16.3. The minimum absolute atomic E-state index is 0.122. The van der Waals surface area contributed by atoms with Crippen LogP contribution in [-0.4, -0.2) is 42.7 Å². The highest BCUT2D eigenvalue weighted by Gasteiger charge is 2.35. The zero-order valence-electron chi connectivity index (χ0n) is 18.9. The van der Waals surface area contributed by atoms with Crippen LogP contribution >= 0.6 is 11.6 Å². The van der Waals surface area contributed by atoms with Gasteiger partial charge < -0.3 is 15.4 Å². The number of amides is 2. The summed E-state index contributed by atoms with van der Waals surface area (Å²) >= 11 is 6.01. The highest BCUT2D eigenvalue weighted by Crippen LogP contribution is 2.30. The molecule has 2 aromatic rings. The molecule has 1 aliphatic heterocycles. The third-order valence-corrected chi connectivity index (χ3v) is 7.03. The van der Waals surface area contributed by atoms with Gasteiger partial charge in [-0.25, -0.2) is 4.79 Å². The van der Waals surface area contributed by atoms with Crippen LogP contribution in [0.1, 0.15) is 44.6 Å². The molecule has 1 saturated carbocycles. The van der Waals surface area contributed by atoms with E-state index in [0.717, 1.165) is 54.7 Å². The second-order valence-corrected chi connectivity index (χ2v) is 9.41. The first-order chi connectivity index (χ1) is 15.6. The number of likely N-dealkylation sites (tertiary alicyclic amines) is 1. The summed E-state index contributed by atoms with van der Waals surface area (Å²) < 4.78 is 5.46. The van der Waals surface area contributed by atoms with Gasteiger partial charge in [-0.3, -0.25) is 4.90 Å². The molecule has 0 aromatic heterocycles. The van der Waals surface area contributed by atoms with Crippen molar-refractivity contribution < 1.29 is 9.53 Å². The zero-order chi connectivity index (χ0) is 22.3. The van der Waals surface area contributed by atoms with E-state index in [0.29, 0.717) is 12.6 Å². The minimum atomic E-state index is -0.122. The van der Waals surface area contributed by atoms with Crippen LogP contribution in [0.25, 0.3) is 0 Å². The Hall–Kier alpha value is -2.24. The largest absolute Gasteiger partial charge is 0.494 e. The quantitative estimate of drug-likeness (QED) is 0.560. The summed E-state index contributed by atoms with van der Waals surface area (Å²) in [6.45, 7) is 4.82. The van der Waals surface area contributed by atoms with Crippen molar-refractivity contribution in [2.75, 3.05) is 25.0 Å². The lowest BCUT2D eigenvalue weighted by Crippen LogP contribution is -2.52. The Kier molecular flexibility index (Phi) is 7.93. The number of nitrogens with zero attached hydrogens (tertiary/aromatic N) is 1. The van der Waals surface area contributed by atoms with E-state index in [9.17, 15) is 4.79 Å². The normalized spacial score (nSPS) is 21.9. The van der Waals surface area contributed by atoms with Crippen LogP contribution in [0.3, 0.4) is 0 Å². The third-order valence-electron chi connectivity index (χ3n) is 6.77. The van der Waals surface area contributed by atoms with Crippen LogP contribution in [0.15, 0.2) is 48.5 Å². The van der Waals surface area contributed by atoms with Crippen molar-refractivity contribution in [1.82, 2.24) is 10.2 Å². The molecule has 2 N–H and O–H groups in total. The lowest BCUT2D eigenvalue weighted by Gasteiger charge is -2.38. The standard InChI is InChI=1S/C26H34ClN3O2/c1-2-32-23-12-10-22(11-13-23)28-26(31)29-24-4-3-5-25(24)30-16-14-20(15-17-30)18-19-6-8-21(27)9-7-19/h6-13,20,24-25H,2-5,14-18H2,1H3,(H2,28,29,31)/t24-,25-/m1/s1. The van der Waals surface area contributed by atoms with Crippen molar-refractivity contribution in [2.24, 2.45) is 5.92 Å². The van der Waals surface area contributed by atoms with Gasteiger partial charge in [0.05, 0.1) is 6.61 Å². The molecule has 1 saturated heterocycles. The first-order valence-corrected chi connectivity index (χ1v) is 12.3. The maximum atomic E-state index is 12.6. The lowest BCUT2D eigenvalue weighted by atomic mass is 9.89. The van der Waals surface area contributed by atoms with E-state index in [4.69, 9.17) is 16.3 Å². The van der Waals surface area contributed by atoms with E-state index in [-0.39, 0.29) is 12.1 Å². The summed E-state index contributed by atoms with van der Waals surface area (Å²) in [5, 5.41) is 7.00. The van der Waals surface area contributed by atoms with E-state index < -0.39 is 0 Å². The minimum Gasteiger partial charge on any atom is -0.494 e. The lowest BCUT2D eigenvalue weighted by molar-refractivity contribution is 0.119. The van der Waals surface area contributed by atoms with E-state index in [2.05, 4.69) is 27.7 Å². The molecular weight excluding hydrogens is 422 g/mol. The first-order valence-electron chi connectivity index (χ1n) is 11.9. The summed E-state index contributed by atoms with van der Waals surface area (Å²) in [5.74, 6) is 1.54. The molecule has 6 heteroatoms. The van der Waals surface area contributed by atoms with Crippen LogP contribution in [0, 0.1) is 5.92 Å². The number of hydrogen-bond donors (Lipinski definition) is 2. The Balaban J connectivity index is 1.24. The van der Waals surface area contributed by atoms with Gasteiger partial charge in [-0.05, 0) is 106 Å². The number of benzene rings is 2. The van der Waals surface area contributed by atoms with Crippen molar-refractivity contribution in [3.8, 4) is 5.75 Å². The molecule has 0 radical (unpaired) electrons. The van der Waals surface area contributed by atoms with E-state index in [1.54, 1.807) is 0 Å². The van der Waals surface area contributed by atoms with E-state index >= 15 is 0 Å². The number of urea groups is 1. The van der Waals surface area contributed by atoms with Crippen LogP contribution in [-0.2, 0) is 6.42 Å². The van der Waals surface area contributed by atoms with Gasteiger partial charge in [-0.1, -0.05) is 23.7 Å². The number of hydrogen-bond acceptors (Lipinski definition) is 3. The van der Waals surface area contributed by atoms with Gasteiger partial charge in [0.25, 0.3) is 0 Å². The van der Waals surface area contributed by atoms with Gasteiger partial charge in [-0.2, -0.15) is 0 Å². The SMILES string of the molecule is CCOc1ccc(NC(=O)N[C@@H]2CCC[C@H]2N2CCC(Cc3ccc(Cl)cc3)CC2)cc1. The first kappa shape index (κ1) is 22.9. The highest BCUT2D eigenvalue weighted by molar-refractivity contribution is 6.30. The van der Waals surface area contributed by atoms with Crippen LogP contribution in [0.4, 0.5) is 10.5 Å². The van der Waals surface area contributed by atoms with Crippen LogP contribution in [0.5, 0.6) is 5.75 Å². The molecule has 1 heterocycles. The number of carbonyl (C=O) groups is 1. The topological polar surface area (TPSA) is 53.6 Å². The molecule has 0 spiro atoms. The molecule has 2 atom stereocenters. The van der Waals surface area contributed by atoms with Gasteiger partial charge in [0, 0.05) is 22.8 Å². The molecule has 2 aliphatic rings. The number of ether oxygens (including phenoxy) is 1. The third kappa shape index (κ3) is 6.17. The van der Waals surface area contributed by atoms with Gasteiger partial charge in [0.15, 0.2) is 0 Å². The van der Waals surface area contributed by atoms with Crippen molar-refractivity contribution in [2.45, 2.75) is 57.5 Å². The fourth-order valence-electron chi connectivity index (χ4n) is 5.13. The number of halogens is 1. The average molecular weight is 456 g/mol. The maximum absolute atomic E-state index is 12.6. The Bertz CT molecular complexity index is 864. The van der Waals surface area contributed by atoms with Crippen molar-refractivity contribution in [3.05, 3.63) is 59.1 Å². The van der Waals surface area contributed by atoms with Gasteiger partial charge >= 0.3 is 6.03 Å². The van der Waals surface area contributed by atoms with Crippen LogP contribution in [0.2, 0.25) is 5.02 Å². The summed E-state index contributed by atoms with van der Waals surface area (Å²) in [5.41, 5.74) is 2.16. The summed E-state index contributed by atoms with van der Waals surface area (Å²) in [4.78, 5) is 15.2. The predicted octanol–water partition coefficient (Wildman–Crippen LogP) is 5.74. The molecular formula is C26H34ClN3O2. The van der Waals surface area contributed by atoms with E-state index in [1.807, 2.05) is 43.3 Å². The average Bonchev–Trinajstić information content (AvgIpc) is 3.25. The zero-order valence-corrected chi connectivity index (χ0v) is 19.6. The predicted molar refractivity (Wildman–Crippen MR) is 131 cm³/mol. The second kappa shape index (κ2) is 11.1. The van der Waals surface area contributed by atoms with E-state index in [1.165, 1.54) is 24.8 Å². The Morgan fingerprint density at radius 2 is 1.75 bits per heavy atom. The van der Waals surface area contributed by atoms with Gasteiger partial charge in [0.2, 0.25) is 0 Å². The van der Waals surface area contributed by atoms with Gasteiger partial charge in [0.1, 0.15) is 5.75 Å². The summed E-state index contributed by atoms with van der Waals surface area (Å²) in [6.07, 6.45) is 6.93.